The molecule has 0 atom stereocenters. The van der Waals surface area contributed by atoms with E-state index in [1.807, 2.05) is 19.1 Å². The molecule has 1 amide bonds. The minimum atomic E-state index is -4.45. The minimum absolute atomic E-state index is 0.101. The van der Waals surface area contributed by atoms with Crippen molar-refractivity contribution in [3.8, 4) is 5.75 Å². The maximum absolute atomic E-state index is 12.6. The number of alkyl halides is 3. The van der Waals surface area contributed by atoms with Gasteiger partial charge in [-0.05, 0) is 36.8 Å². The molecule has 0 aliphatic carbocycles. The summed E-state index contributed by atoms with van der Waals surface area (Å²) in [7, 11) is 0. The van der Waals surface area contributed by atoms with Crippen molar-refractivity contribution in [3.05, 3.63) is 54.0 Å². The largest absolute Gasteiger partial charge is 0.493 e. The molecule has 2 N–H and O–H groups in total. The van der Waals surface area contributed by atoms with Crippen LogP contribution in [0.25, 0.3) is 10.9 Å². The summed E-state index contributed by atoms with van der Waals surface area (Å²) in [6.07, 6.45) is -1.10. The summed E-state index contributed by atoms with van der Waals surface area (Å²) in [5, 5.41) is 3.73. The average Bonchev–Trinajstić information content (AvgIpc) is 3.08. The Labute approximate surface area is 170 Å². The molecule has 1 aromatic carbocycles. The Hall–Kier alpha value is -3.07. The van der Waals surface area contributed by atoms with Gasteiger partial charge in [-0.2, -0.15) is 13.2 Å². The van der Waals surface area contributed by atoms with Gasteiger partial charge in [0.25, 0.3) is 0 Å². The van der Waals surface area contributed by atoms with Crippen LogP contribution in [0.5, 0.6) is 5.75 Å². The van der Waals surface area contributed by atoms with Gasteiger partial charge in [0.1, 0.15) is 11.4 Å². The fraction of sp³-hybridized carbons (Fsp3) is 0.333. The van der Waals surface area contributed by atoms with Crippen molar-refractivity contribution in [2.24, 2.45) is 5.41 Å². The molecule has 30 heavy (non-hydrogen) atoms. The number of nitrogens with zero attached hydrogens (tertiary/aromatic N) is 1. The first-order valence-corrected chi connectivity index (χ1v) is 9.40. The Morgan fingerprint density at radius 2 is 2.10 bits per heavy atom. The van der Waals surface area contributed by atoms with Crippen molar-refractivity contribution in [3.63, 3.8) is 0 Å². The van der Waals surface area contributed by atoms with Gasteiger partial charge in [0.05, 0.1) is 30.9 Å². The Kier molecular flexibility index (Phi) is 5.15. The highest BCUT2D eigenvalue weighted by atomic mass is 19.4. The minimum Gasteiger partial charge on any atom is -0.493 e. The molecule has 1 fully saturated rings. The Morgan fingerprint density at radius 3 is 2.73 bits per heavy atom. The van der Waals surface area contributed by atoms with Gasteiger partial charge in [-0.25, -0.2) is 0 Å². The van der Waals surface area contributed by atoms with Gasteiger partial charge in [0, 0.05) is 29.7 Å². The van der Waals surface area contributed by atoms with Gasteiger partial charge < -0.3 is 19.8 Å². The van der Waals surface area contributed by atoms with E-state index in [1.165, 1.54) is 12.3 Å². The van der Waals surface area contributed by atoms with E-state index in [1.54, 1.807) is 12.3 Å². The summed E-state index contributed by atoms with van der Waals surface area (Å²) in [5.74, 6) is 0.492. The second-order valence-electron chi connectivity index (χ2n) is 7.57. The number of nitrogens with one attached hydrogen (secondary N) is 2. The molecule has 0 radical (unpaired) electrons. The quantitative estimate of drug-likeness (QED) is 0.629. The van der Waals surface area contributed by atoms with Gasteiger partial charge in [0.15, 0.2) is 0 Å². The van der Waals surface area contributed by atoms with Crippen molar-refractivity contribution in [1.29, 1.82) is 0 Å². The number of hydrogen-bond donors (Lipinski definition) is 2. The molecule has 0 saturated carbocycles. The number of pyridine rings is 1. The third kappa shape index (κ3) is 4.11. The standard InChI is InChI=1S/C21H20F3N3O3/c1-20(11-29-12-20)19(28)27-17-10-25-16-4-3-14(8-15(16)17)30-7-6-13-2-5-18(26-9-13)21(22,23)24/h2-5,8-10,25H,6-7,11-12H2,1H3,(H,27,28). The van der Waals surface area contributed by atoms with Crippen molar-refractivity contribution in [2.45, 2.75) is 19.5 Å². The maximum Gasteiger partial charge on any atom is 0.433 e. The predicted molar refractivity (Wildman–Crippen MR) is 104 cm³/mol. The number of H-pyrrole nitrogens is 1. The van der Waals surface area contributed by atoms with E-state index >= 15 is 0 Å². The lowest BCUT2D eigenvalue weighted by molar-refractivity contribution is -0.151. The number of amides is 1. The van der Waals surface area contributed by atoms with E-state index in [0.29, 0.717) is 36.6 Å². The van der Waals surface area contributed by atoms with Crippen LogP contribution in [0.15, 0.2) is 42.7 Å². The number of carbonyl (C=O) groups is 1. The number of anilines is 1. The second kappa shape index (κ2) is 7.64. The fourth-order valence-electron chi connectivity index (χ4n) is 3.13. The number of aromatic nitrogens is 2. The summed E-state index contributed by atoms with van der Waals surface area (Å²) >= 11 is 0. The third-order valence-corrected chi connectivity index (χ3v) is 5.07. The van der Waals surface area contributed by atoms with Gasteiger partial charge in [0.2, 0.25) is 5.91 Å². The molecule has 2 aromatic heterocycles. The van der Waals surface area contributed by atoms with Crippen LogP contribution < -0.4 is 10.1 Å². The van der Waals surface area contributed by atoms with Crippen LogP contribution in [-0.2, 0) is 22.1 Å². The molecule has 3 aromatic rings. The average molecular weight is 419 g/mol. The van der Waals surface area contributed by atoms with Crippen molar-refractivity contribution < 1.29 is 27.4 Å². The molecule has 1 aliphatic heterocycles. The van der Waals surface area contributed by atoms with Crippen LogP contribution in [0, 0.1) is 5.41 Å². The molecular weight excluding hydrogens is 399 g/mol. The number of benzene rings is 1. The van der Waals surface area contributed by atoms with Crippen molar-refractivity contribution in [2.75, 3.05) is 25.1 Å². The number of carbonyl (C=O) groups excluding carboxylic acids is 1. The van der Waals surface area contributed by atoms with Crippen LogP contribution in [0.4, 0.5) is 18.9 Å². The second-order valence-corrected chi connectivity index (χ2v) is 7.57. The number of fused-ring (bicyclic) bond motifs is 1. The summed E-state index contributed by atoms with van der Waals surface area (Å²) in [4.78, 5) is 19.0. The molecule has 0 spiro atoms. The smallest absolute Gasteiger partial charge is 0.433 e. The Morgan fingerprint density at radius 1 is 1.30 bits per heavy atom. The molecule has 9 heteroatoms. The molecule has 0 unspecified atom stereocenters. The Bertz CT molecular complexity index is 1060. The number of aromatic amines is 1. The molecule has 4 rings (SSSR count). The zero-order chi connectivity index (χ0) is 21.4. The van der Waals surface area contributed by atoms with E-state index in [-0.39, 0.29) is 12.5 Å². The van der Waals surface area contributed by atoms with Crippen LogP contribution >= 0.6 is 0 Å². The van der Waals surface area contributed by atoms with Gasteiger partial charge in [-0.15, -0.1) is 0 Å². The molecule has 1 saturated heterocycles. The van der Waals surface area contributed by atoms with E-state index in [4.69, 9.17) is 9.47 Å². The zero-order valence-corrected chi connectivity index (χ0v) is 16.2. The van der Waals surface area contributed by atoms with Gasteiger partial charge >= 0.3 is 6.18 Å². The summed E-state index contributed by atoms with van der Waals surface area (Å²) in [6.45, 7) is 2.92. The van der Waals surface area contributed by atoms with E-state index < -0.39 is 17.3 Å². The molecule has 0 bridgehead atoms. The molecule has 6 nitrogen and oxygen atoms in total. The summed E-state index contributed by atoms with van der Waals surface area (Å²) < 4.78 is 48.6. The molecule has 3 heterocycles. The van der Waals surface area contributed by atoms with E-state index in [0.717, 1.165) is 17.0 Å². The SMILES string of the molecule is CC1(C(=O)Nc2c[nH]c3ccc(OCCc4ccc(C(F)(F)F)nc4)cc23)COC1. The summed E-state index contributed by atoms with van der Waals surface area (Å²) in [5.41, 5.74) is 0.713. The number of halogens is 3. The summed E-state index contributed by atoms with van der Waals surface area (Å²) in [6, 6.07) is 7.80. The number of rotatable bonds is 6. The first kappa shape index (κ1) is 20.2. The lowest BCUT2D eigenvalue weighted by Gasteiger charge is -2.36. The van der Waals surface area contributed by atoms with Gasteiger partial charge in [-0.3, -0.25) is 9.78 Å². The lowest BCUT2D eigenvalue weighted by atomic mass is 9.87. The fourth-order valence-corrected chi connectivity index (χ4v) is 3.13. The van der Waals surface area contributed by atoms with Crippen molar-refractivity contribution in [1.82, 2.24) is 9.97 Å². The van der Waals surface area contributed by atoms with Crippen LogP contribution in [0.1, 0.15) is 18.2 Å². The highest BCUT2D eigenvalue weighted by molar-refractivity contribution is 6.04. The highest BCUT2D eigenvalue weighted by Gasteiger charge is 2.41. The first-order chi connectivity index (χ1) is 14.2. The number of ether oxygens (including phenoxy) is 2. The van der Waals surface area contributed by atoms with Crippen molar-refractivity contribution >= 4 is 22.5 Å². The maximum atomic E-state index is 12.6. The monoisotopic (exact) mass is 419 g/mol. The highest BCUT2D eigenvalue weighted by Crippen LogP contribution is 2.32. The van der Waals surface area contributed by atoms with E-state index in [9.17, 15) is 18.0 Å². The molecule has 1 aliphatic rings. The lowest BCUT2D eigenvalue weighted by Crippen LogP contribution is -2.49. The van der Waals surface area contributed by atoms with Gasteiger partial charge in [-0.1, -0.05) is 6.07 Å². The third-order valence-electron chi connectivity index (χ3n) is 5.07. The van der Waals surface area contributed by atoms with Crippen LogP contribution in [0.2, 0.25) is 0 Å². The van der Waals surface area contributed by atoms with E-state index in [2.05, 4.69) is 15.3 Å². The predicted octanol–water partition coefficient (Wildman–Crippen LogP) is 4.18. The Balaban J connectivity index is 1.39. The van der Waals surface area contributed by atoms with Crippen LogP contribution in [0.3, 0.4) is 0 Å². The zero-order valence-electron chi connectivity index (χ0n) is 16.2. The molecule has 158 valence electrons. The number of hydrogen-bond acceptors (Lipinski definition) is 4. The first-order valence-electron chi connectivity index (χ1n) is 9.40. The van der Waals surface area contributed by atoms with Crippen LogP contribution in [-0.4, -0.2) is 35.7 Å². The normalized spacial score (nSPS) is 15.6. The topological polar surface area (TPSA) is 76.2 Å². The molecular formula is C21H20F3N3O3.